The summed E-state index contributed by atoms with van der Waals surface area (Å²) in [5, 5.41) is 17.3. The van der Waals surface area contributed by atoms with E-state index >= 15 is 0 Å². The van der Waals surface area contributed by atoms with Gasteiger partial charge in [-0.25, -0.2) is 4.79 Å². The summed E-state index contributed by atoms with van der Waals surface area (Å²) in [6, 6.07) is 20.9. The molecule has 0 aliphatic carbocycles. The molecule has 1 atom stereocenters. The van der Waals surface area contributed by atoms with Crippen LogP contribution in [0.3, 0.4) is 0 Å². The molecule has 0 aliphatic rings. The Bertz CT molecular complexity index is 854. The van der Waals surface area contributed by atoms with Crippen molar-refractivity contribution in [2.75, 3.05) is 5.32 Å². The summed E-state index contributed by atoms with van der Waals surface area (Å²) in [5.74, 6) is 0.268. The van der Waals surface area contributed by atoms with Gasteiger partial charge in [-0.15, -0.1) is 0 Å². The molecule has 25 heavy (non-hydrogen) atoms. The van der Waals surface area contributed by atoms with Crippen LogP contribution in [0.1, 0.15) is 18.9 Å². The molecule has 3 N–H and O–H groups in total. The number of anilines is 1. The van der Waals surface area contributed by atoms with Crippen LogP contribution in [0.15, 0.2) is 66.7 Å². The number of aromatic hydroxyl groups is 1. The highest BCUT2D eigenvalue weighted by Gasteiger charge is 2.09. The highest BCUT2D eigenvalue weighted by Crippen LogP contribution is 2.22. The topological polar surface area (TPSA) is 61.4 Å². The van der Waals surface area contributed by atoms with Gasteiger partial charge in [0.1, 0.15) is 5.75 Å². The molecule has 3 aromatic rings. The smallest absolute Gasteiger partial charge is 0.319 e. The average Bonchev–Trinajstić information content (AvgIpc) is 2.61. The van der Waals surface area contributed by atoms with Crippen molar-refractivity contribution in [3.63, 3.8) is 0 Å². The second-order valence-corrected chi connectivity index (χ2v) is 6.23. The summed E-state index contributed by atoms with van der Waals surface area (Å²) in [6.45, 7) is 1.99. The summed E-state index contributed by atoms with van der Waals surface area (Å²) >= 11 is 0. The van der Waals surface area contributed by atoms with E-state index < -0.39 is 0 Å². The highest BCUT2D eigenvalue weighted by molar-refractivity contribution is 6.01. The Morgan fingerprint density at radius 2 is 1.72 bits per heavy atom. The van der Waals surface area contributed by atoms with Crippen LogP contribution in [-0.2, 0) is 6.42 Å². The summed E-state index contributed by atoms with van der Waals surface area (Å²) < 4.78 is 0. The molecule has 3 rings (SSSR count). The number of carbonyl (C=O) groups excluding carboxylic acids is 1. The van der Waals surface area contributed by atoms with E-state index in [9.17, 15) is 9.90 Å². The summed E-state index contributed by atoms with van der Waals surface area (Å²) in [6.07, 6.45) is 1.67. The minimum absolute atomic E-state index is 0.0452. The summed E-state index contributed by atoms with van der Waals surface area (Å²) in [7, 11) is 0. The molecular formula is C21H22N2O2. The third-order valence-electron chi connectivity index (χ3n) is 4.22. The van der Waals surface area contributed by atoms with Crippen molar-refractivity contribution in [1.82, 2.24) is 5.32 Å². The average molecular weight is 334 g/mol. The fraction of sp³-hybridized carbons (Fsp3) is 0.190. The van der Waals surface area contributed by atoms with Crippen LogP contribution in [-0.4, -0.2) is 17.2 Å². The van der Waals surface area contributed by atoms with E-state index in [2.05, 4.69) is 10.6 Å². The van der Waals surface area contributed by atoms with Gasteiger partial charge in [-0.2, -0.15) is 0 Å². The van der Waals surface area contributed by atoms with Crippen LogP contribution in [0.25, 0.3) is 10.8 Å². The van der Waals surface area contributed by atoms with Gasteiger partial charge in [0.05, 0.1) is 5.69 Å². The molecule has 0 radical (unpaired) electrons. The van der Waals surface area contributed by atoms with Crippen LogP contribution in [0.2, 0.25) is 0 Å². The third-order valence-corrected chi connectivity index (χ3v) is 4.22. The Morgan fingerprint density at radius 3 is 2.52 bits per heavy atom. The van der Waals surface area contributed by atoms with E-state index in [-0.39, 0.29) is 17.8 Å². The number of hydrogen-bond acceptors (Lipinski definition) is 2. The Kier molecular flexibility index (Phi) is 5.19. The van der Waals surface area contributed by atoms with Crippen LogP contribution in [0, 0.1) is 0 Å². The fourth-order valence-corrected chi connectivity index (χ4v) is 2.83. The Hall–Kier alpha value is -3.01. The van der Waals surface area contributed by atoms with Crippen molar-refractivity contribution in [2.45, 2.75) is 25.8 Å². The lowest BCUT2D eigenvalue weighted by Gasteiger charge is -2.15. The highest BCUT2D eigenvalue weighted by atomic mass is 16.3. The van der Waals surface area contributed by atoms with Gasteiger partial charge in [-0.05, 0) is 48.9 Å². The maximum atomic E-state index is 12.3. The molecule has 0 spiro atoms. The minimum atomic E-state index is -0.199. The van der Waals surface area contributed by atoms with Gasteiger partial charge in [-0.1, -0.05) is 48.5 Å². The third kappa shape index (κ3) is 4.51. The maximum Gasteiger partial charge on any atom is 0.319 e. The normalized spacial score (nSPS) is 11.9. The number of urea groups is 1. The van der Waals surface area contributed by atoms with Gasteiger partial charge < -0.3 is 15.7 Å². The van der Waals surface area contributed by atoms with Crippen LogP contribution < -0.4 is 10.6 Å². The number of carbonyl (C=O) groups is 1. The first-order chi connectivity index (χ1) is 12.1. The molecule has 4 heteroatoms. The molecule has 0 aromatic heterocycles. The standard InChI is InChI=1S/C21H22N2O2/c1-15(9-10-16-11-13-18(24)14-12-16)22-21(25)23-20-8-4-6-17-5-2-3-7-19(17)20/h2-8,11-15,24H,9-10H2,1H3,(H2,22,23,25)/t15-/m0/s1. The van der Waals surface area contributed by atoms with Crippen molar-refractivity contribution < 1.29 is 9.90 Å². The monoisotopic (exact) mass is 334 g/mol. The molecular weight excluding hydrogens is 312 g/mol. The molecule has 0 saturated carbocycles. The molecule has 4 nitrogen and oxygen atoms in total. The Balaban J connectivity index is 1.55. The van der Waals surface area contributed by atoms with Crippen molar-refractivity contribution in [1.29, 1.82) is 0 Å². The Labute approximate surface area is 147 Å². The lowest BCUT2D eigenvalue weighted by atomic mass is 10.1. The molecule has 3 aromatic carbocycles. The van der Waals surface area contributed by atoms with Crippen molar-refractivity contribution >= 4 is 22.5 Å². The zero-order valence-electron chi connectivity index (χ0n) is 14.2. The molecule has 0 aliphatic heterocycles. The minimum Gasteiger partial charge on any atom is -0.508 e. The number of aryl methyl sites for hydroxylation is 1. The van der Waals surface area contributed by atoms with Gasteiger partial charge in [0, 0.05) is 11.4 Å². The first-order valence-corrected chi connectivity index (χ1v) is 8.45. The predicted molar refractivity (Wildman–Crippen MR) is 102 cm³/mol. The van der Waals surface area contributed by atoms with E-state index in [1.54, 1.807) is 12.1 Å². The van der Waals surface area contributed by atoms with E-state index in [0.29, 0.717) is 0 Å². The van der Waals surface area contributed by atoms with Gasteiger partial charge in [0.25, 0.3) is 0 Å². The van der Waals surface area contributed by atoms with Crippen molar-refractivity contribution in [3.05, 3.63) is 72.3 Å². The van der Waals surface area contributed by atoms with E-state index in [0.717, 1.165) is 34.9 Å². The second kappa shape index (κ2) is 7.71. The number of hydrogen-bond donors (Lipinski definition) is 3. The number of rotatable bonds is 5. The van der Waals surface area contributed by atoms with E-state index in [1.165, 1.54) is 0 Å². The van der Waals surface area contributed by atoms with Crippen LogP contribution in [0.5, 0.6) is 5.75 Å². The lowest BCUT2D eigenvalue weighted by molar-refractivity contribution is 0.248. The van der Waals surface area contributed by atoms with Crippen LogP contribution >= 0.6 is 0 Å². The largest absolute Gasteiger partial charge is 0.508 e. The van der Waals surface area contributed by atoms with Gasteiger partial charge >= 0.3 is 6.03 Å². The van der Waals surface area contributed by atoms with Crippen molar-refractivity contribution in [3.8, 4) is 5.75 Å². The van der Waals surface area contributed by atoms with Gasteiger partial charge in [0.2, 0.25) is 0 Å². The van der Waals surface area contributed by atoms with Gasteiger partial charge in [0.15, 0.2) is 0 Å². The first-order valence-electron chi connectivity index (χ1n) is 8.45. The SMILES string of the molecule is C[C@@H](CCc1ccc(O)cc1)NC(=O)Nc1cccc2ccccc12. The number of fused-ring (bicyclic) bond motifs is 1. The molecule has 0 heterocycles. The Morgan fingerprint density at radius 1 is 1.00 bits per heavy atom. The summed E-state index contributed by atoms with van der Waals surface area (Å²) in [5.41, 5.74) is 1.95. The fourth-order valence-electron chi connectivity index (χ4n) is 2.83. The predicted octanol–water partition coefficient (Wildman–Crippen LogP) is 4.69. The van der Waals surface area contributed by atoms with E-state index in [4.69, 9.17) is 0 Å². The lowest BCUT2D eigenvalue weighted by Crippen LogP contribution is -2.36. The quantitative estimate of drug-likeness (QED) is 0.634. The molecule has 0 unspecified atom stereocenters. The molecule has 128 valence electrons. The number of amides is 2. The van der Waals surface area contributed by atoms with Crippen molar-refractivity contribution in [2.24, 2.45) is 0 Å². The molecule has 0 bridgehead atoms. The zero-order valence-corrected chi connectivity index (χ0v) is 14.2. The molecule has 2 amide bonds. The second-order valence-electron chi connectivity index (χ2n) is 6.23. The first kappa shape index (κ1) is 16.8. The number of benzene rings is 3. The molecule has 0 saturated heterocycles. The van der Waals surface area contributed by atoms with E-state index in [1.807, 2.05) is 61.5 Å². The maximum absolute atomic E-state index is 12.3. The zero-order chi connectivity index (χ0) is 17.6. The number of phenols is 1. The van der Waals surface area contributed by atoms with Gasteiger partial charge in [-0.3, -0.25) is 0 Å². The number of nitrogens with one attached hydrogen (secondary N) is 2. The summed E-state index contributed by atoms with van der Waals surface area (Å²) in [4.78, 5) is 12.3. The molecule has 0 fully saturated rings. The number of phenolic OH excluding ortho intramolecular Hbond substituents is 1. The van der Waals surface area contributed by atoms with Crippen LogP contribution in [0.4, 0.5) is 10.5 Å².